The summed E-state index contributed by atoms with van der Waals surface area (Å²) in [5.41, 5.74) is 4.19. The van der Waals surface area contributed by atoms with Crippen LogP contribution >= 0.6 is 11.3 Å². The third kappa shape index (κ3) is 3.36. The molecule has 0 aliphatic rings. The zero-order chi connectivity index (χ0) is 17.3. The topological polar surface area (TPSA) is 42.0 Å². The molecule has 0 radical (unpaired) electrons. The second-order valence-electron chi connectivity index (χ2n) is 5.70. The van der Waals surface area contributed by atoms with Crippen molar-refractivity contribution in [1.82, 2.24) is 4.98 Å². The predicted molar refractivity (Wildman–Crippen MR) is 96.1 cm³/mol. The Balaban J connectivity index is 1.86. The van der Waals surface area contributed by atoms with E-state index in [9.17, 15) is 9.18 Å². The normalized spacial score (nSPS) is 10.7. The number of carbonyl (C=O) groups excluding carboxylic acids is 1. The summed E-state index contributed by atoms with van der Waals surface area (Å²) in [6, 6.07) is 12.0. The highest BCUT2D eigenvalue weighted by Crippen LogP contribution is 2.30. The minimum Gasteiger partial charge on any atom is -0.298 e. The van der Waals surface area contributed by atoms with Crippen LogP contribution in [0.25, 0.3) is 11.3 Å². The fraction of sp³-hybridized carbons (Fsp3) is 0.158. The van der Waals surface area contributed by atoms with Crippen molar-refractivity contribution in [2.45, 2.75) is 20.8 Å². The third-order valence-electron chi connectivity index (χ3n) is 3.77. The molecule has 0 bridgehead atoms. The van der Waals surface area contributed by atoms with Crippen LogP contribution in [0.15, 0.2) is 42.5 Å². The number of nitrogens with zero attached hydrogens (tertiary/aromatic N) is 1. The van der Waals surface area contributed by atoms with Gasteiger partial charge in [-0.25, -0.2) is 9.37 Å². The Kier molecular flexibility index (Phi) is 4.44. The van der Waals surface area contributed by atoms with Gasteiger partial charge in [0.25, 0.3) is 5.91 Å². The number of halogens is 1. The van der Waals surface area contributed by atoms with Gasteiger partial charge in [-0.15, -0.1) is 11.3 Å². The average Bonchev–Trinajstić information content (AvgIpc) is 2.91. The molecular formula is C19H17FN2OS. The fourth-order valence-electron chi connectivity index (χ4n) is 2.47. The SMILES string of the molecule is Cc1ccc(C)c(C(=O)Nc2nc(-c3ccc(F)cc3)c(C)s2)c1. The van der Waals surface area contributed by atoms with E-state index in [-0.39, 0.29) is 11.7 Å². The molecule has 1 aromatic heterocycles. The molecule has 1 amide bonds. The second-order valence-corrected chi connectivity index (χ2v) is 6.91. The zero-order valence-corrected chi connectivity index (χ0v) is 14.5. The molecule has 1 heterocycles. The fourth-order valence-corrected chi connectivity index (χ4v) is 3.30. The van der Waals surface area contributed by atoms with Crippen molar-refractivity contribution in [2.75, 3.05) is 5.32 Å². The first-order valence-corrected chi connectivity index (χ1v) is 8.37. The summed E-state index contributed by atoms with van der Waals surface area (Å²) < 4.78 is 13.1. The van der Waals surface area contributed by atoms with Crippen LogP contribution in [-0.4, -0.2) is 10.9 Å². The van der Waals surface area contributed by atoms with Gasteiger partial charge in [-0.05, 0) is 56.7 Å². The molecule has 5 heteroatoms. The summed E-state index contributed by atoms with van der Waals surface area (Å²) in [6.07, 6.45) is 0. The van der Waals surface area contributed by atoms with E-state index >= 15 is 0 Å². The van der Waals surface area contributed by atoms with E-state index in [0.717, 1.165) is 27.3 Å². The Bertz CT molecular complexity index is 900. The summed E-state index contributed by atoms with van der Waals surface area (Å²) >= 11 is 1.41. The van der Waals surface area contributed by atoms with E-state index in [1.54, 1.807) is 12.1 Å². The largest absolute Gasteiger partial charge is 0.298 e. The lowest BCUT2D eigenvalue weighted by molar-refractivity contribution is 0.102. The number of nitrogens with one attached hydrogen (secondary N) is 1. The minimum atomic E-state index is -0.282. The zero-order valence-electron chi connectivity index (χ0n) is 13.7. The van der Waals surface area contributed by atoms with Crippen molar-refractivity contribution in [2.24, 2.45) is 0 Å². The van der Waals surface area contributed by atoms with Gasteiger partial charge in [-0.3, -0.25) is 10.1 Å². The van der Waals surface area contributed by atoms with Gasteiger partial charge in [0.1, 0.15) is 5.82 Å². The number of hydrogen-bond acceptors (Lipinski definition) is 3. The molecule has 122 valence electrons. The summed E-state index contributed by atoms with van der Waals surface area (Å²) in [7, 11) is 0. The Morgan fingerprint density at radius 3 is 2.50 bits per heavy atom. The monoisotopic (exact) mass is 340 g/mol. The molecule has 2 aromatic carbocycles. The lowest BCUT2D eigenvalue weighted by Crippen LogP contribution is -2.13. The highest BCUT2D eigenvalue weighted by molar-refractivity contribution is 7.16. The van der Waals surface area contributed by atoms with Crippen molar-refractivity contribution in [3.05, 3.63) is 69.8 Å². The molecule has 0 saturated heterocycles. The van der Waals surface area contributed by atoms with Crippen LogP contribution in [0.3, 0.4) is 0 Å². The molecule has 3 aromatic rings. The van der Waals surface area contributed by atoms with Crippen LogP contribution in [-0.2, 0) is 0 Å². The van der Waals surface area contributed by atoms with E-state index in [0.29, 0.717) is 10.7 Å². The first-order valence-electron chi connectivity index (χ1n) is 7.56. The average molecular weight is 340 g/mol. The van der Waals surface area contributed by atoms with Crippen molar-refractivity contribution in [1.29, 1.82) is 0 Å². The summed E-state index contributed by atoms with van der Waals surface area (Å²) in [5.74, 6) is -0.453. The predicted octanol–water partition coefficient (Wildman–Crippen LogP) is 5.13. The lowest BCUT2D eigenvalue weighted by Gasteiger charge is -2.06. The van der Waals surface area contributed by atoms with Crippen molar-refractivity contribution >= 4 is 22.4 Å². The number of aryl methyl sites for hydroxylation is 3. The van der Waals surface area contributed by atoms with Gasteiger partial charge in [0.15, 0.2) is 5.13 Å². The Labute approximate surface area is 144 Å². The summed E-state index contributed by atoms with van der Waals surface area (Å²) in [4.78, 5) is 18.0. The third-order valence-corrected chi connectivity index (χ3v) is 4.66. The Hall–Kier alpha value is -2.53. The highest BCUT2D eigenvalue weighted by Gasteiger charge is 2.14. The lowest BCUT2D eigenvalue weighted by atomic mass is 10.1. The van der Waals surface area contributed by atoms with Crippen LogP contribution in [0.2, 0.25) is 0 Å². The van der Waals surface area contributed by atoms with Gasteiger partial charge >= 0.3 is 0 Å². The van der Waals surface area contributed by atoms with Crippen LogP contribution in [0, 0.1) is 26.6 Å². The van der Waals surface area contributed by atoms with Gasteiger partial charge in [0, 0.05) is 16.0 Å². The van der Waals surface area contributed by atoms with Crippen molar-refractivity contribution < 1.29 is 9.18 Å². The first kappa shape index (κ1) is 16.3. The molecular weight excluding hydrogens is 323 g/mol. The molecule has 1 N–H and O–H groups in total. The van der Waals surface area contributed by atoms with Crippen LogP contribution < -0.4 is 5.32 Å². The standard InChI is InChI=1S/C19H17FN2OS/c1-11-4-5-12(2)16(10-11)18(23)22-19-21-17(13(3)24-19)14-6-8-15(20)9-7-14/h4-10H,1-3H3,(H,21,22,23). The van der Waals surface area contributed by atoms with Crippen molar-refractivity contribution in [3.63, 3.8) is 0 Å². The summed E-state index contributed by atoms with van der Waals surface area (Å²) in [5, 5.41) is 3.40. The molecule has 0 fully saturated rings. The maximum Gasteiger partial charge on any atom is 0.257 e. The molecule has 0 spiro atoms. The molecule has 0 aliphatic carbocycles. The van der Waals surface area contributed by atoms with Gasteiger partial charge in [-0.1, -0.05) is 17.7 Å². The summed E-state index contributed by atoms with van der Waals surface area (Å²) in [6.45, 7) is 5.80. The molecule has 0 aliphatic heterocycles. The molecule has 3 rings (SSSR count). The first-order chi connectivity index (χ1) is 11.4. The number of hydrogen-bond donors (Lipinski definition) is 1. The van der Waals surface area contributed by atoms with E-state index in [1.165, 1.54) is 23.5 Å². The van der Waals surface area contributed by atoms with E-state index < -0.39 is 0 Å². The van der Waals surface area contributed by atoms with E-state index in [4.69, 9.17) is 0 Å². The maximum atomic E-state index is 13.1. The molecule has 0 atom stereocenters. The molecule has 0 saturated carbocycles. The Morgan fingerprint density at radius 2 is 1.79 bits per heavy atom. The molecule has 3 nitrogen and oxygen atoms in total. The maximum absolute atomic E-state index is 13.1. The van der Waals surface area contributed by atoms with Gasteiger partial charge in [0.2, 0.25) is 0 Å². The van der Waals surface area contributed by atoms with E-state index in [2.05, 4.69) is 10.3 Å². The van der Waals surface area contributed by atoms with Crippen molar-refractivity contribution in [3.8, 4) is 11.3 Å². The number of anilines is 1. The Morgan fingerprint density at radius 1 is 1.08 bits per heavy atom. The number of amides is 1. The van der Waals surface area contributed by atoms with Gasteiger partial charge in [0.05, 0.1) is 5.69 Å². The molecule has 24 heavy (non-hydrogen) atoms. The minimum absolute atomic E-state index is 0.171. The molecule has 0 unspecified atom stereocenters. The van der Waals surface area contributed by atoms with Crippen LogP contribution in [0.1, 0.15) is 26.4 Å². The quantitative estimate of drug-likeness (QED) is 0.718. The smallest absolute Gasteiger partial charge is 0.257 e. The number of carbonyl (C=O) groups is 1. The number of benzene rings is 2. The van der Waals surface area contributed by atoms with Gasteiger partial charge < -0.3 is 0 Å². The van der Waals surface area contributed by atoms with Crippen LogP contribution in [0.4, 0.5) is 9.52 Å². The number of thiazole rings is 1. The number of aromatic nitrogens is 1. The highest BCUT2D eigenvalue weighted by atomic mass is 32.1. The van der Waals surface area contributed by atoms with E-state index in [1.807, 2.05) is 39.0 Å². The van der Waals surface area contributed by atoms with Crippen LogP contribution in [0.5, 0.6) is 0 Å². The number of rotatable bonds is 3. The van der Waals surface area contributed by atoms with Gasteiger partial charge in [-0.2, -0.15) is 0 Å². The second kappa shape index (κ2) is 6.53.